The summed E-state index contributed by atoms with van der Waals surface area (Å²) in [6.07, 6.45) is 3.76. The van der Waals surface area contributed by atoms with Crippen LogP contribution >= 0.6 is 0 Å². The van der Waals surface area contributed by atoms with Gasteiger partial charge in [0.25, 0.3) is 0 Å². The number of fused-ring (bicyclic) bond motifs is 1. The normalized spacial score (nSPS) is 17.1. The Bertz CT molecular complexity index is 835. The summed E-state index contributed by atoms with van der Waals surface area (Å²) < 4.78 is 15.3. The lowest BCUT2D eigenvalue weighted by atomic mass is 9.63. The molecule has 1 atom stereocenters. The smallest absolute Gasteiger partial charge is 0.328 e. The van der Waals surface area contributed by atoms with Crippen molar-refractivity contribution in [2.24, 2.45) is 0 Å². The first-order chi connectivity index (χ1) is 12.6. The molecule has 0 unspecified atom stereocenters. The molecular formula is C21H20O5. The van der Waals surface area contributed by atoms with Crippen molar-refractivity contribution in [2.45, 2.75) is 11.3 Å². The molecule has 0 saturated heterocycles. The van der Waals surface area contributed by atoms with E-state index in [0.29, 0.717) is 11.3 Å². The Morgan fingerprint density at radius 2 is 1.50 bits per heavy atom. The Balaban J connectivity index is 2.27. The van der Waals surface area contributed by atoms with Gasteiger partial charge in [0, 0.05) is 5.92 Å². The summed E-state index contributed by atoms with van der Waals surface area (Å²) >= 11 is 0. The number of ether oxygens (including phenoxy) is 3. The first-order valence-electron chi connectivity index (χ1n) is 8.18. The van der Waals surface area contributed by atoms with Crippen LogP contribution in [0.25, 0.3) is 6.08 Å². The molecule has 0 aliphatic heterocycles. The van der Waals surface area contributed by atoms with Gasteiger partial charge in [-0.1, -0.05) is 48.6 Å². The van der Waals surface area contributed by atoms with Gasteiger partial charge in [-0.3, -0.25) is 9.59 Å². The van der Waals surface area contributed by atoms with E-state index in [-0.39, 0.29) is 0 Å². The van der Waals surface area contributed by atoms with Gasteiger partial charge in [0.05, 0.1) is 21.3 Å². The number of carbonyl (C=O) groups is 2. The van der Waals surface area contributed by atoms with E-state index in [1.165, 1.54) is 14.2 Å². The first kappa shape index (κ1) is 17.7. The van der Waals surface area contributed by atoms with Crippen LogP contribution in [0, 0.1) is 0 Å². The molecule has 0 N–H and O–H groups in total. The number of methoxy groups -OCH3 is 3. The Morgan fingerprint density at radius 3 is 2.08 bits per heavy atom. The topological polar surface area (TPSA) is 61.8 Å². The second-order valence-corrected chi connectivity index (χ2v) is 5.99. The van der Waals surface area contributed by atoms with Gasteiger partial charge in [-0.2, -0.15) is 0 Å². The summed E-state index contributed by atoms with van der Waals surface area (Å²) in [6.45, 7) is 0. The molecule has 5 heteroatoms. The monoisotopic (exact) mass is 352 g/mol. The molecule has 0 fully saturated rings. The number of esters is 2. The van der Waals surface area contributed by atoms with Crippen LogP contribution in [-0.2, 0) is 24.5 Å². The Kier molecular flexibility index (Phi) is 4.80. The van der Waals surface area contributed by atoms with Crippen LogP contribution in [0.1, 0.15) is 22.6 Å². The lowest BCUT2D eigenvalue weighted by Crippen LogP contribution is -2.51. The molecule has 1 aliphatic rings. The molecule has 0 radical (unpaired) electrons. The van der Waals surface area contributed by atoms with E-state index < -0.39 is 23.3 Å². The van der Waals surface area contributed by atoms with E-state index in [4.69, 9.17) is 14.2 Å². The molecule has 0 amide bonds. The van der Waals surface area contributed by atoms with Crippen molar-refractivity contribution in [2.75, 3.05) is 21.3 Å². The van der Waals surface area contributed by atoms with E-state index >= 15 is 0 Å². The highest BCUT2D eigenvalue weighted by molar-refractivity contribution is 6.09. The quantitative estimate of drug-likeness (QED) is 0.625. The maximum Gasteiger partial charge on any atom is 0.328 e. The number of hydrogen-bond donors (Lipinski definition) is 0. The molecule has 0 saturated carbocycles. The fourth-order valence-electron chi connectivity index (χ4n) is 3.56. The fraction of sp³-hybridized carbons (Fsp3) is 0.238. The van der Waals surface area contributed by atoms with Crippen molar-refractivity contribution in [1.29, 1.82) is 0 Å². The van der Waals surface area contributed by atoms with E-state index in [1.54, 1.807) is 31.4 Å². The summed E-state index contributed by atoms with van der Waals surface area (Å²) in [5.74, 6) is -1.18. The van der Waals surface area contributed by atoms with E-state index in [1.807, 2.05) is 36.4 Å². The molecule has 26 heavy (non-hydrogen) atoms. The number of carbonyl (C=O) groups excluding carboxylic acids is 2. The summed E-state index contributed by atoms with van der Waals surface area (Å²) in [6, 6.07) is 14.5. The van der Waals surface area contributed by atoms with E-state index in [0.717, 1.165) is 11.1 Å². The number of benzene rings is 2. The molecule has 0 aromatic heterocycles. The van der Waals surface area contributed by atoms with Gasteiger partial charge in [0.1, 0.15) is 5.75 Å². The minimum absolute atomic E-state index is 0.566. The predicted molar refractivity (Wildman–Crippen MR) is 96.9 cm³/mol. The molecule has 5 nitrogen and oxygen atoms in total. The minimum atomic E-state index is -1.61. The SMILES string of the molecule is COC(=O)C1(C(=O)OC)c2ccccc2C=C[C@H]1c1ccc(OC)cc1. The van der Waals surface area contributed by atoms with Gasteiger partial charge < -0.3 is 14.2 Å². The number of rotatable bonds is 4. The zero-order chi connectivity index (χ0) is 18.7. The van der Waals surface area contributed by atoms with Crippen molar-refractivity contribution in [3.8, 4) is 5.75 Å². The maximum absolute atomic E-state index is 13.0. The van der Waals surface area contributed by atoms with Crippen LogP contribution in [0.15, 0.2) is 54.6 Å². The van der Waals surface area contributed by atoms with Crippen molar-refractivity contribution >= 4 is 18.0 Å². The van der Waals surface area contributed by atoms with Crippen LogP contribution in [0.4, 0.5) is 0 Å². The molecule has 1 aliphatic carbocycles. The second kappa shape index (κ2) is 7.04. The van der Waals surface area contributed by atoms with Gasteiger partial charge in [-0.05, 0) is 28.8 Å². The van der Waals surface area contributed by atoms with E-state index in [2.05, 4.69) is 0 Å². The Hall–Kier alpha value is -3.08. The predicted octanol–water partition coefficient (Wildman–Crippen LogP) is 3.09. The molecule has 2 aromatic rings. The second-order valence-electron chi connectivity index (χ2n) is 5.99. The zero-order valence-corrected chi connectivity index (χ0v) is 14.9. The minimum Gasteiger partial charge on any atom is -0.497 e. The lowest BCUT2D eigenvalue weighted by Gasteiger charge is -2.38. The van der Waals surface area contributed by atoms with Gasteiger partial charge >= 0.3 is 11.9 Å². The highest BCUT2D eigenvalue weighted by Gasteiger charge is 2.57. The van der Waals surface area contributed by atoms with Crippen LogP contribution < -0.4 is 4.74 Å². The first-order valence-corrected chi connectivity index (χ1v) is 8.18. The summed E-state index contributed by atoms with van der Waals surface area (Å²) in [5, 5.41) is 0. The average Bonchev–Trinajstić information content (AvgIpc) is 2.71. The molecule has 0 bridgehead atoms. The van der Waals surface area contributed by atoms with Gasteiger partial charge in [-0.25, -0.2) is 0 Å². The standard InChI is InChI=1S/C21H20O5/c1-24-16-11-8-15(9-12-16)18-13-10-14-6-4-5-7-17(14)21(18,19(22)25-2)20(23)26-3/h4-13,18H,1-3H3/t18-/m0/s1. The molecule has 134 valence electrons. The van der Waals surface area contributed by atoms with Crippen molar-refractivity contribution < 1.29 is 23.8 Å². The number of hydrogen-bond acceptors (Lipinski definition) is 5. The van der Waals surface area contributed by atoms with Crippen LogP contribution in [0.2, 0.25) is 0 Å². The number of allylic oxidation sites excluding steroid dienone is 1. The third-order valence-corrected chi connectivity index (χ3v) is 4.81. The van der Waals surface area contributed by atoms with Gasteiger partial charge in [0.15, 0.2) is 0 Å². The van der Waals surface area contributed by atoms with Crippen molar-refractivity contribution in [3.63, 3.8) is 0 Å². The van der Waals surface area contributed by atoms with Crippen molar-refractivity contribution in [1.82, 2.24) is 0 Å². The molecule has 3 rings (SSSR count). The fourth-order valence-corrected chi connectivity index (χ4v) is 3.56. The van der Waals surface area contributed by atoms with Crippen LogP contribution in [0.5, 0.6) is 5.75 Å². The molecule has 2 aromatic carbocycles. The van der Waals surface area contributed by atoms with Crippen LogP contribution in [-0.4, -0.2) is 33.3 Å². The van der Waals surface area contributed by atoms with Crippen LogP contribution in [0.3, 0.4) is 0 Å². The highest BCUT2D eigenvalue weighted by atomic mass is 16.5. The lowest BCUT2D eigenvalue weighted by molar-refractivity contribution is -0.163. The summed E-state index contributed by atoms with van der Waals surface area (Å²) in [4.78, 5) is 26.0. The van der Waals surface area contributed by atoms with E-state index in [9.17, 15) is 9.59 Å². The zero-order valence-electron chi connectivity index (χ0n) is 14.9. The largest absolute Gasteiger partial charge is 0.497 e. The third kappa shape index (κ3) is 2.56. The molecular weight excluding hydrogens is 332 g/mol. The summed E-state index contributed by atoms with van der Waals surface area (Å²) in [7, 11) is 4.14. The molecule has 0 spiro atoms. The highest BCUT2D eigenvalue weighted by Crippen LogP contribution is 2.47. The Morgan fingerprint density at radius 1 is 0.885 bits per heavy atom. The maximum atomic E-state index is 13.0. The van der Waals surface area contributed by atoms with Crippen molar-refractivity contribution in [3.05, 3.63) is 71.3 Å². The van der Waals surface area contributed by atoms with Gasteiger partial charge in [0.2, 0.25) is 5.41 Å². The average molecular weight is 352 g/mol. The summed E-state index contributed by atoms with van der Waals surface area (Å²) in [5.41, 5.74) is 0.533. The third-order valence-electron chi connectivity index (χ3n) is 4.81. The molecule has 0 heterocycles. The Labute approximate surface area is 152 Å². The van der Waals surface area contributed by atoms with Gasteiger partial charge in [-0.15, -0.1) is 0 Å².